The minimum atomic E-state index is -4.30. The molecule has 45 heavy (non-hydrogen) atoms. The highest BCUT2D eigenvalue weighted by molar-refractivity contribution is 6.02. The maximum absolute atomic E-state index is 13.3. The van der Waals surface area contributed by atoms with E-state index in [1.165, 1.54) is 24.2 Å². The highest BCUT2D eigenvalue weighted by Crippen LogP contribution is 2.29. The highest BCUT2D eigenvalue weighted by atomic mass is 19.4. The lowest BCUT2D eigenvalue weighted by Gasteiger charge is -2.30. The van der Waals surface area contributed by atoms with Crippen LogP contribution in [0.2, 0.25) is 0 Å². The summed E-state index contributed by atoms with van der Waals surface area (Å²) >= 11 is 0. The predicted molar refractivity (Wildman–Crippen MR) is 188 cm³/mol. The van der Waals surface area contributed by atoms with E-state index in [2.05, 4.69) is 50.2 Å². The van der Waals surface area contributed by atoms with Gasteiger partial charge in [0.15, 0.2) is 0 Å². The van der Waals surface area contributed by atoms with E-state index in [0.29, 0.717) is 21.6 Å². The summed E-state index contributed by atoms with van der Waals surface area (Å²) in [5, 5.41) is 0. The average molecular weight is 633 g/mol. The quantitative estimate of drug-likeness (QED) is 0.110. The van der Waals surface area contributed by atoms with Crippen LogP contribution < -0.4 is 4.48 Å². The van der Waals surface area contributed by atoms with Gasteiger partial charge in [-0.25, -0.2) is 13.9 Å². The van der Waals surface area contributed by atoms with Crippen LogP contribution in [0.4, 0.5) is 23.2 Å². The second-order valence-electron chi connectivity index (χ2n) is 12.5. The van der Waals surface area contributed by atoms with Gasteiger partial charge in [0.1, 0.15) is 18.0 Å². The first-order valence-electron chi connectivity index (χ1n) is 15.8. The van der Waals surface area contributed by atoms with Crippen molar-refractivity contribution in [1.29, 1.82) is 0 Å². The van der Waals surface area contributed by atoms with E-state index in [1.807, 2.05) is 61.7 Å². The van der Waals surface area contributed by atoms with Gasteiger partial charge in [0, 0.05) is 24.4 Å². The molecule has 0 heterocycles. The Morgan fingerprint density at radius 1 is 0.978 bits per heavy atom. The Morgan fingerprint density at radius 3 is 2.00 bits per heavy atom. The van der Waals surface area contributed by atoms with Crippen molar-refractivity contribution in [1.82, 2.24) is 9.38 Å². The zero-order valence-corrected chi connectivity index (χ0v) is 30.1. The zero-order chi connectivity index (χ0) is 35.3. The number of alkyl halides is 3. The molecule has 0 aliphatic carbocycles. The molecule has 252 valence electrons. The third kappa shape index (κ3) is 13.0. The molecule has 0 aromatic heterocycles. The lowest BCUT2D eigenvalue weighted by Crippen LogP contribution is -2.38. The minimum Gasteiger partial charge on any atom is -0.366 e. The maximum atomic E-state index is 13.3. The number of allylic oxidation sites excluding steroid dienone is 2. The van der Waals surface area contributed by atoms with Crippen LogP contribution in [0.3, 0.4) is 0 Å². The second kappa shape index (κ2) is 18.1. The zero-order valence-electron chi connectivity index (χ0n) is 30.1. The number of rotatable bonds is 10. The van der Waals surface area contributed by atoms with E-state index in [0.717, 1.165) is 41.0 Å². The first-order chi connectivity index (χ1) is 20.7. The molecule has 0 saturated heterocycles. The lowest BCUT2D eigenvalue weighted by atomic mass is 9.86. The molecule has 2 rings (SSSR count). The molecule has 2 aromatic carbocycles. The molecular formula is C38H58F4N3+. The van der Waals surface area contributed by atoms with Gasteiger partial charge < -0.3 is 4.90 Å². The molecule has 0 radical (unpaired) electrons. The average Bonchev–Trinajstić information content (AvgIpc) is 2.94. The van der Waals surface area contributed by atoms with Crippen molar-refractivity contribution in [3.63, 3.8) is 0 Å². The Labute approximate surface area is 271 Å². The van der Waals surface area contributed by atoms with Gasteiger partial charge in [-0.15, -0.1) is 0 Å². The van der Waals surface area contributed by atoms with Crippen LogP contribution >= 0.6 is 0 Å². The fraction of sp³-hybridized carbons (Fsp3) is 0.500. The van der Waals surface area contributed by atoms with E-state index >= 15 is 0 Å². The molecule has 0 aliphatic heterocycles. The molecule has 2 aromatic rings. The summed E-state index contributed by atoms with van der Waals surface area (Å²) in [5.74, 6) is 0.488. The van der Waals surface area contributed by atoms with Crippen molar-refractivity contribution in [3.05, 3.63) is 101 Å². The fourth-order valence-electron chi connectivity index (χ4n) is 4.70. The first-order valence-corrected chi connectivity index (χ1v) is 15.8. The summed E-state index contributed by atoms with van der Waals surface area (Å²) in [6.07, 6.45) is 0.528. The summed E-state index contributed by atoms with van der Waals surface area (Å²) in [7, 11) is 5.40. The van der Waals surface area contributed by atoms with Crippen molar-refractivity contribution in [2.45, 2.75) is 100 Å². The summed E-state index contributed by atoms with van der Waals surface area (Å²) in [5.41, 5.74) is 6.97. The van der Waals surface area contributed by atoms with E-state index in [1.54, 1.807) is 26.0 Å². The molecule has 0 amide bonds. The Kier molecular flexibility index (Phi) is 16.8. The number of hydrogen-bond donors (Lipinski definition) is 0. The Hall–Kier alpha value is -3.19. The number of nitrogens with zero attached hydrogens (tertiary/aromatic N) is 3. The Bertz CT molecular complexity index is 1330. The number of aryl methyl sites for hydroxylation is 3. The van der Waals surface area contributed by atoms with E-state index in [-0.39, 0.29) is 16.9 Å². The number of likely N-dealkylation sites (N-methyl/N-ethyl adjacent to an activating group) is 1. The molecule has 0 spiro atoms. The molecule has 0 aliphatic rings. The van der Waals surface area contributed by atoms with Crippen LogP contribution in [-0.2, 0) is 18.3 Å². The third-order valence-electron chi connectivity index (χ3n) is 7.47. The predicted octanol–water partition coefficient (Wildman–Crippen LogP) is 11.1. The molecule has 3 nitrogen and oxygen atoms in total. The minimum absolute atomic E-state index is 0.101. The number of benzene rings is 2. The van der Waals surface area contributed by atoms with E-state index < -0.39 is 12.7 Å². The normalized spacial score (nSPS) is 12.5. The first kappa shape index (κ1) is 41.8. The van der Waals surface area contributed by atoms with Gasteiger partial charge in [-0.1, -0.05) is 91.3 Å². The molecule has 0 atom stereocenters. The largest absolute Gasteiger partial charge is 0.405 e. The number of halogens is 4. The van der Waals surface area contributed by atoms with Crippen molar-refractivity contribution in [2.24, 2.45) is 4.99 Å². The summed E-state index contributed by atoms with van der Waals surface area (Å²) in [4.78, 5) is 5.76. The molecule has 0 fully saturated rings. The number of aliphatic imine (C=N–C) groups is 1. The number of quaternary nitrogens is 1. The fourth-order valence-corrected chi connectivity index (χ4v) is 4.70. The molecule has 0 unspecified atom stereocenters. The van der Waals surface area contributed by atoms with Crippen LogP contribution in [0, 0.1) is 12.7 Å². The van der Waals surface area contributed by atoms with Crippen molar-refractivity contribution in [2.75, 3.05) is 27.7 Å². The van der Waals surface area contributed by atoms with Gasteiger partial charge in [0.2, 0.25) is 5.82 Å². The van der Waals surface area contributed by atoms with E-state index in [9.17, 15) is 17.6 Å². The molecule has 0 saturated carbocycles. The summed E-state index contributed by atoms with van der Waals surface area (Å²) in [6, 6.07) is 11.7. The van der Waals surface area contributed by atoms with Gasteiger partial charge in [-0.2, -0.15) is 13.2 Å². The summed E-state index contributed by atoms with van der Waals surface area (Å²) in [6.45, 7) is 26.9. The van der Waals surface area contributed by atoms with E-state index in [4.69, 9.17) is 0 Å². The molecule has 0 N–H and O–H groups in total. The Morgan fingerprint density at radius 2 is 1.56 bits per heavy atom. The van der Waals surface area contributed by atoms with Gasteiger partial charge in [-0.05, 0) is 74.4 Å². The standard InChI is InChI=1S/C25H37F3N3.C11H15F.C2H6/c1-10-13-22-14-15-23(16-21(22)11-2)31(8,9)20(6)29-18(4)24(12-3)19(5)30(7)17-25(26,27)28;1-8-5-6-10(12)9(7-8)11(2,3)4;1-2/h12,14-16H,5-6,10-11,13,17H2,1-4,7-9H3;5-7H,1-4H3;1-2H3/q+1;;/b24-12+,29-18-;;. The van der Waals surface area contributed by atoms with Gasteiger partial charge in [0.05, 0.1) is 19.8 Å². The third-order valence-corrected chi connectivity index (χ3v) is 7.47. The van der Waals surface area contributed by atoms with Crippen LogP contribution in [0.25, 0.3) is 0 Å². The van der Waals surface area contributed by atoms with Gasteiger partial charge in [0.25, 0.3) is 0 Å². The van der Waals surface area contributed by atoms with Crippen LogP contribution in [0.1, 0.15) is 91.0 Å². The molecule has 0 bridgehead atoms. The van der Waals surface area contributed by atoms with Crippen molar-refractivity contribution >= 4 is 11.4 Å². The second-order valence-corrected chi connectivity index (χ2v) is 12.5. The van der Waals surface area contributed by atoms with Crippen LogP contribution in [-0.4, -0.2) is 44.5 Å². The van der Waals surface area contributed by atoms with Crippen LogP contribution in [0.5, 0.6) is 0 Å². The topological polar surface area (TPSA) is 15.6 Å². The SMILES string of the molecule is C=C(C(=C/C)/C(C)=N\C(=C)[N+](C)(C)c1ccc(CCC)c(CC)c1)N(C)CC(F)(F)F.CC.Cc1ccc(F)c(C(C)(C)C)c1. The highest BCUT2D eigenvalue weighted by Gasteiger charge is 2.31. The molecule has 7 heteroatoms. The van der Waals surface area contributed by atoms with Gasteiger partial charge >= 0.3 is 6.18 Å². The number of hydrogen-bond acceptors (Lipinski definition) is 2. The monoisotopic (exact) mass is 632 g/mol. The molecular weight excluding hydrogens is 574 g/mol. The van der Waals surface area contributed by atoms with Crippen molar-refractivity contribution < 1.29 is 17.6 Å². The van der Waals surface area contributed by atoms with Gasteiger partial charge in [-0.3, -0.25) is 0 Å². The Balaban J connectivity index is 0.00000114. The summed E-state index contributed by atoms with van der Waals surface area (Å²) < 4.78 is 51.9. The van der Waals surface area contributed by atoms with Crippen LogP contribution in [0.15, 0.2) is 77.7 Å². The lowest BCUT2D eigenvalue weighted by molar-refractivity contribution is -0.139. The smallest absolute Gasteiger partial charge is 0.366 e. The van der Waals surface area contributed by atoms with Crippen molar-refractivity contribution in [3.8, 4) is 0 Å². The maximum Gasteiger partial charge on any atom is 0.405 e.